The van der Waals surface area contributed by atoms with Crippen molar-refractivity contribution in [2.45, 2.75) is 17.7 Å². The Morgan fingerprint density at radius 3 is 2.64 bits per heavy atom. The Hall–Kier alpha value is -3.43. The van der Waals surface area contributed by atoms with Crippen molar-refractivity contribution < 1.29 is 17.9 Å². The first kappa shape index (κ1) is 21.4. The smallest absolute Gasteiger partial charge is 0.267 e. The molecule has 2 heterocycles. The molecule has 168 valence electrons. The zero-order valence-corrected chi connectivity index (χ0v) is 19.4. The van der Waals surface area contributed by atoms with Crippen LogP contribution in [0.15, 0.2) is 70.9 Å². The molecule has 5 rings (SSSR count). The zero-order chi connectivity index (χ0) is 23.0. The number of amides is 1. The first-order valence-corrected chi connectivity index (χ1v) is 12.8. The van der Waals surface area contributed by atoms with Crippen LogP contribution in [0, 0.1) is 0 Å². The number of sulfonamides is 1. The summed E-state index contributed by atoms with van der Waals surface area (Å²) >= 11 is 1.21. The molecule has 0 atom stereocenters. The maximum atomic E-state index is 13.2. The summed E-state index contributed by atoms with van der Waals surface area (Å²) in [7, 11) is -2.58. The van der Waals surface area contributed by atoms with Crippen LogP contribution >= 0.6 is 11.3 Å². The fraction of sp³-hybridized carbons (Fsp3) is 0.167. The molecule has 1 aliphatic rings. The van der Waals surface area contributed by atoms with E-state index >= 15 is 0 Å². The minimum atomic E-state index is -3.99. The van der Waals surface area contributed by atoms with E-state index in [-0.39, 0.29) is 21.7 Å². The van der Waals surface area contributed by atoms with Crippen LogP contribution in [0.5, 0.6) is 5.75 Å². The number of carbonyl (C=O) groups excluding carboxylic acids is 1. The Bertz CT molecular complexity index is 1460. The van der Waals surface area contributed by atoms with Crippen LogP contribution in [0.25, 0.3) is 22.0 Å². The Labute approximate surface area is 195 Å². The normalized spacial score (nSPS) is 14.1. The summed E-state index contributed by atoms with van der Waals surface area (Å²) in [5.74, 6) is 0.181. The van der Waals surface area contributed by atoms with Crippen LogP contribution in [-0.4, -0.2) is 33.0 Å². The quantitative estimate of drug-likeness (QED) is 0.425. The van der Waals surface area contributed by atoms with Gasteiger partial charge in [0.1, 0.15) is 10.6 Å². The second-order valence-electron chi connectivity index (χ2n) is 7.69. The predicted octanol–water partition coefficient (Wildman–Crippen LogP) is 4.90. The molecule has 1 aliphatic heterocycles. The molecular weight excluding hydrogens is 458 g/mol. The van der Waals surface area contributed by atoms with Gasteiger partial charge in [-0.25, -0.2) is 13.4 Å². The number of anilines is 2. The number of hydrogen-bond acceptors (Lipinski definition) is 6. The van der Waals surface area contributed by atoms with Crippen molar-refractivity contribution in [1.82, 2.24) is 4.98 Å². The molecule has 9 heteroatoms. The molecule has 7 nitrogen and oxygen atoms in total. The van der Waals surface area contributed by atoms with E-state index < -0.39 is 10.0 Å². The lowest BCUT2D eigenvalue weighted by Crippen LogP contribution is -2.24. The number of aromatic nitrogens is 1. The summed E-state index contributed by atoms with van der Waals surface area (Å²) in [6.45, 7) is 0.569. The lowest BCUT2D eigenvalue weighted by atomic mass is 10.1. The van der Waals surface area contributed by atoms with Gasteiger partial charge in [-0.15, -0.1) is 11.3 Å². The van der Waals surface area contributed by atoms with E-state index in [4.69, 9.17) is 4.74 Å². The van der Waals surface area contributed by atoms with Gasteiger partial charge in [-0.2, -0.15) is 0 Å². The first-order valence-electron chi connectivity index (χ1n) is 10.4. The van der Waals surface area contributed by atoms with Gasteiger partial charge in [0, 0.05) is 29.6 Å². The van der Waals surface area contributed by atoms with Crippen molar-refractivity contribution in [3.8, 4) is 17.0 Å². The van der Waals surface area contributed by atoms with Gasteiger partial charge in [0.05, 0.1) is 12.8 Å². The van der Waals surface area contributed by atoms with E-state index in [9.17, 15) is 13.2 Å². The largest absolute Gasteiger partial charge is 0.495 e. The van der Waals surface area contributed by atoms with Gasteiger partial charge in [0.2, 0.25) is 5.91 Å². The van der Waals surface area contributed by atoms with Crippen molar-refractivity contribution in [2.24, 2.45) is 0 Å². The molecule has 1 N–H and O–H groups in total. The molecular formula is C24H21N3O4S2. The van der Waals surface area contributed by atoms with Crippen LogP contribution in [0.2, 0.25) is 0 Å². The molecule has 0 spiro atoms. The monoisotopic (exact) mass is 479 g/mol. The Balaban J connectivity index is 1.44. The molecule has 33 heavy (non-hydrogen) atoms. The van der Waals surface area contributed by atoms with Crippen molar-refractivity contribution in [3.63, 3.8) is 0 Å². The predicted molar refractivity (Wildman–Crippen MR) is 130 cm³/mol. The van der Waals surface area contributed by atoms with Crippen LogP contribution in [0.4, 0.5) is 10.8 Å². The summed E-state index contributed by atoms with van der Waals surface area (Å²) in [6.07, 6.45) is 1.21. The Morgan fingerprint density at radius 1 is 1.06 bits per heavy atom. The molecule has 4 aromatic rings. The minimum Gasteiger partial charge on any atom is -0.495 e. The number of rotatable bonds is 6. The average molecular weight is 480 g/mol. The highest BCUT2D eigenvalue weighted by molar-refractivity contribution is 7.93. The first-order chi connectivity index (χ1) is 15.9. The van der Waals surface area contributed by atoms with Crippen LogP contribution in [0.1, 0.15) is 12.8 Å². The molecule has 0 radical (unpaired) electrons. The van der Waals surface area contributed by atoms with Gasteiger partial charge >= 0.3 is 0 Å². The Kier molecular flexibility index (Phi) is 5.51. The maximum absolute atomic E-state index is 13.2. The van der Waals surface area contributed by atoms with E-state index in [1.807, 2.05) is 47.8 Å². The highest BCUT2D eigenvalue weighted by Crippen LogP contribution is 2.34. The molecule has 3 aromatic carbocycles. The molecule has 1 fully saturated rings. The zero-order valence-electron chi connectivity index (χ0n) is 17.8. The minimum absolute atomic E-state index is 0.0172. The topological polar surface area (TPSA) is 88.6 Å². The van der Waals surface area contributed by atoms with Gasteiger partial charge in [0.15, 0.2) is 5.13 Å². The standard InChI is InChI=1S/C24H21N3O4S2/c1-31-21-11-10-19(27-12-4-7-23(27)28)14-22(21)33(29,30)26-24-25-20(15-32-24)18-9-8-16-5-2-3-6-17(16)13-18/h2-3,5-6,8-11,13-15H,4,7,12H2,1H3,(H,25,26). The highest BCUT2D eigenvalue weighted by atomic mass is 32.2. The SMILES string of the molecule is COc1ccc(N2CCCC2=O)cc1S(=O)(=O)Nc1nc(-c2ccc3ccccc3c2)cs1. The third-order valence-corrected chi connectivity index (χ3v) is 7.84. The summed E-state index contributed by atoms with van der Waals surface area (Å²) in [4.78, 5) is 18.2. The number of methoxy groups -OCH3 is 1. The average Bonchev–Trinajstić information content (AvgIpc) is 3.47. The van der Waals surface area contributed by atoms with Crippen molar-refractivity contribution in [2.75, 3.05) is 23.3 Å². The van der Waals surface area contributed by atoms with E-state index in [1.54, 1.807) is 17.0 Å². The van der Waals surface area contributed by atoms with Crippen LogP contribution < -0.4 is 14.4 Å². The fourth-order valence-electron chi connectivity index (χ4n) is 3.94. The molecule has 0 unspecified atom stereocenters. The van der Waals surface area contributed by atoms with Crippen molar-refractivity contribution >= 4 is 48.9 Å². The molecule has 1 aromatic heterocycles. The lowest BCUT2D eigenvalue weighted by Gasteiger charge is -2.18. The van der Waals surface area contributed by atoms with Crippen molar-refractivity contribution in [1.29, 1.82) is 0 Å². The van der Waals surface area contributed by atoms with Crippen LogP contribution in [0.3, 0.4) is 0 Å². The summed E-state index contributed by atoms with van der Waals surface area (Å²) < 4.78 is 34.3. The summed E-state index contributed by atoms with van der Waals surface area (Å²) in [5, 5.41) is 4.28. The number of nitrogens with one attached hydrogen (secondary N) is 1. The molecule has 1 saturated heterocycles. The van der Waals surface area contributed by atoms with E-state index in [0.717, 1.165) is 22.8 Å². The third kappa shape index (κ3) is 4.17. The van der Waals surface area contributed by atoms with Crippen molar-refractivity contribution in [3.05, 3.63) is 66.0 Å². The van der Waals surface area contributed by atoms with E-state index in [2.05, 4.69) is 9.71 Å². The second kappa shape index (κ2) is 8.49. The summed E-state index contributed by atoms with van der Waals surface area (Å²) in [5.41, 5.74) is 2.13. The third-order valence-electron chi connectivity index (χ3n) is 5.59. The van der Waals surface area contributed by atoms with Gasteiger partial charge in [0.25, 0.3) is 10.0 Å². The van der Waals surface area contributed by atoms with E-state index in [0.29, 0.717) is 24.3 Å². The van der Waals surface area contributed by atoms with Gasteiger partial charge in [-0.3, -0.25) is 9.52 Å². The van der Waals surface area contributed by atoms with Crippen LogP contribution in [-0.2, 0) is 14.8 Å². The summed E-state index contributed by atoms with van der Waals surface area (Å²) in [6, 6.07) is 18.8. The number of benzene rings is 3. The second-order valence-corrected chi connectivity index (χ2v) is 10.2. The molecule has 0 bridgehead atoms. The number of thiazole rings is 1. The molecule has 1 amide bonds. The van der Waals surface area contributed by atoms with E-state index in [1.165, 1.54) is 24.5 Å². The lowest BCUT2D eigenvalue weighted by molar-refractivity contribution is -0.117. The number of ether oxygens (including phenoxy) is 1. The highest BCUT2D eigenvalue weighted by Gasteiger charge is 2.26. The molecule has 0 aliphatic carbocycles. The Morgan fingerprint density at radius 2 is 1.88 bits per heavy atom. The number of nitrogens with zero attached hydrogens (tertiary/aromatic N) is 2. The van der Waals surface area contributed by atoms with Gasteiger partial charge < -0.3 is 9.64 Å². The number of carbonyl (C=O) groups is 1. The van der Waals surface area contributed by atoms with Gasteiger partial charge in [-0.05, 0) is 41.5 Å². The number of fused-ring (bicyclic) bond motifs is 1. The van der Waals surface area contributed by atoms with Gasteiger partial charge in [-0.1, -0.05) is 36.4 Å². The molecule has 0 saturated carbocycles. The fourth-order valence-corrected chi connectivity index (χ4v) is 6.10. The number of hydrogen-bond donors (Lipinski definition) is 1. The maximum Gasteiger partial charge on any atom is 0.267 e.